The second-order valence-corrected chi connectivity index (χ2v) is 11.3. The fourth-order valence-electron chi connectivity index (χ4n) is 4.00. The van der Waals surface area contributed by atoms with Gasteiger partial charge in [0.1, 0.15) is 0 Å². The Morgan fingerprint density at radius 2 is 1.91 bits per heavy atom. The molecule has 33 heavy (non-hydrogen) atoms. The van der Waals surface area contributed by atoms with E-state index in [0.29, 0.717) is 15.9 Å². The average molecular weight is 482 g/mol. The topological polar surface area (TPSA) is 89.0 Å². The molecule has 0 aliphatic heterocycles. The van der Waals surface area contributed by atoms with E-state index in [0.717, 1.165) is 36.1 Å². The Bertz CT molecular complexity index is 1200. The highest BCUT2D eigenvalue weighted by Gasteiger charge is 2.19. The summed E-state index contributed by atoms with van der Waals surface area (Å²) < 4.78 is 25.3. The van der Waals surface area contributed by atoms with Gasteiger partial charge in [-0.3, -0.25) is 15.1 Å². The largest absolute Gasteiger partial charge is 0.298 e. The maximum Gasteiger partial charge on any atom is 0.250 e. The Kier molecular flexibility index (Phi) is 7.67. The second kappa shape index (κ2) is 10.9. The zero-order valence-electron chi connectivity index (χ0n) is 18.3. The van der Waals surface area contributed by atoms with Gasteiger partial charge in [0.2, 0.25) is 5.91 Å². The van der Waals surface area contributed by atoms with Crippen molar-refractivity contribution in [2.45, 2.75) is 43.4 Å². The number of anilines is 1. The van der Waals surface area contributed by atoms with Crippen LogP contribution in [-0.4, -0.2) is 30.0 Å². The predicted octanol–water partition coefficient (Wildman–Crippen LogP) is 5.60. The molecule has 1 aliphatic rings. The van der Waals surface area contributed by atoms with Crippen LogP contribution in [0.5, 0.6) is 0 Å². The number of thiazole rings is 1. The molecule has 4 rings (SSSR count). The highest BCUT2D eigenvalue weighted by molar-refractivity contribution is 7.91. The van der Waals surface area contributed by atoms with Gasteiger partial charge in [0.05, 0.1) is 16.3 Å². The molecule has 0 spiro atoms. The van der Waals surface area contributed by atoms with Crippen LogP contribution in [0.25, 0.3) is 17.3 Å². The smallest absolute Gasteiger partial charge is 0.250 e. The van der Waals surface area contributed by atoms with Gasteiger partial charge in [-0.1, -0.05) is 44.2 Å². The highest BCUT2D eigenvalue weighted by Crippen LogP contribution is 2.28. The molecular formula is C25H27N3O3S2. The molecular weight excluding hydrogens is 454 g/mol. The number of sulfone groups is 1. The number of nitrogens with one attached hydrogen (secondary N) is 1. The van der Waals surface area contributed by atoms with Gasteiger partial charge in [-0.2, -0.15) is 0 Å². The fourth-order valence-corrected chi connectivity index (χ4v) is 6.15. The Morgan fingerprint density at radius 1 is 1.12 bits per heavy atom. The van der Waals surface area contributed by atoms with Gasteiger partial charge in [-0.25, -0.2) is 13.4 Å². The standard InChI is InChI=1S/C25H27N3O3S2/c29-24(28-25-27-23(18-32-25)21-7-4-15-26-17-21)13-10-20-8-11-22(12-9-20)33(30,31)16-14-19-5-2-1-3-6-19/h4,7-13,15,17-19H,1-3,5-6,14,16H2,(H,27,28,29)/b13-10-. The maximum atomic E-state index is 12.7. The van der Waals surface area contributed by atoms with Crippen molar-refractivity contribution in [3.05, 3.63) is 65.8 Å². The van der Waals surface area contributed by atoms with E-state index >= 15 is 0 Å². The third-order valence-corrected chi connectivity index (χ3v) is 8.40. The zero-order valence-corrected chi connectivity index (χ0v) is 19.9. The molecule has 6 nitrogen and oxygen atoms in total. The Balaban J connectivity index is 1.31. The molecule has 2 aromatic heterocycles. The molecule has 1 fully saturated rings. The number of pyridine rings is 1. The number of rotatable bonds is 8. The zero-order chi connectivity index (χ0) is 23.1. The minimum Gasteiger partial charge on any atom is -0.298 e. The molecule has 2 heterocycles. The van der Waals surface area contributed by atoms with E-state index in [1.807, 2.05) is 17.5 Å². The predicted molar refractivity (Wildman–Crippen MR) is 133 cm³/mol. The first-order valence-corrected chi connectivity index (χ1v) is 13.7. The first-order chi connectivity index (χ1) is 16.0. The van der Waals surface area contributed by atoms with Gasteiger partial charge >= 0.3 is 0 Å². The van der Waals surface area contributed by atoms with Gasteiger partial charge < -0.3 is 0 Å². The molecule has 8 heteroatoms. The summed E-state index contributed by atoms with van der Waals surface area (Å²) in [6.07, 6.45) is 13.2. The summed E-state index contributed by atoms with van der Waals surface area (Å²) in [7, 11) is -3.28. The van der Waals surface area contributed by atoms with Gasteiger partial charge in [-0.05, 0) is 48.2 Å². The van der Waals surface area contributed by atoms with Crippen molar-refractivity contribution in [1.82, 2.24) is 9.97 Å². The van der Waals surface area contributed by atoms with Gasteiger partial charge in [-0.15, -0.1) is 11.3 Å². The quantitative estimate of drug-likeness (QED) is 0.423. The number of amides is 1. The lowest BCUT2D eigenvalue weighted by Gasteiger charge is -2.21. The van der Waals surface area contributed by atoms with Gasteiger partial charge in [0.25, 0.3) is 0 Å². The second-order valence-electron chi connectivity index (χ2n) is 8.28. The number of benzene rings is 1. The molecule has 3 aromatic rings. The summed E-state index contributed by atoms with van der Waals surface area (Å²) in [4.78, 5) is 21.1. The summed E-state index contributed by atoms with van der Waals surface area (Å²) >= 11 is 1.34. The Hall–Kier alpha value is -2.84. The van der Waals surface area contributed by atoms with Crippen LogP contribution in [0.15, 0.2) is 65.1 Å². The van der Waals surface area contributed by atoms with Crippen LogP contribution in [-0.2, 0) is 14.6 Å². The lowest BCUT2D eigenvalue weighted by Crippen LogP contribution is -2.14. The van der Waals surface area contributed by atoms with Crippen LogP contribution in [0, 0.1) is 5.92 Å². The van der Waals surface area contributed by atoms with Crippen LogP contribution in [0.1, 0.15) is 44.1 Å². The molecule has 0 saturated heterocycles. The van der Waals surface area contributed by atoms with Gasteiger partial charge in [0.15, 0.2) is 15.0 Å². The number of carbonyl (C=O) groups excluding carboxylic acids is 1. The maximum absolute atomic E-state index is 12.7. The van der Waals surface area contributed by atoms with Crippen molar-refractivity contribution in [2.75, 3.05) is 11.1 Å². The van der Waals surface area contributed by atoms with Crippen LogP contribution in [0.3, 0.4) is 0 Å². The van der Waals surface area contributed by atoms with Crippen LogP contribution >= 0.6 is 11.3 Å². The molecule has 172 valence electrons. The summed E-state index contributed by atoms with van der Waals surface area (Å²) in [5, 5.41) is 5.12. The summed E-state index contributed by atoms with van der Waals surface area (Å²) in [6.45, 7) is 0. The van der Waals surface area contributed by atoms with Crippen molar-refractivity contribution in [2.24, 2.45) is 5.92 Å². The molecule has 1 aromatic carbocycles. The van der Waals surface area contributed by atoms with Crippen molar-refractivity contribution in [3.63, 3.8) is 0 Å². The molecule has 0 atom stereocenters. The van der Waals surface area contributed by atoms with E-state index in [9.17, 15) is 13.2 Å². The SMILES string of the molecule is O=C(/C=C\c1ccc(S(=O)(=O)CCC2CCCCC2)cc1)Nc1nc(-c2cccnc2)cs1. The van der Waals surface area contributed by atoms with E-state index in [1.54, 1.807) is 42.7 Å². The minimum atomic E-state index is -3.28. The van der Waals surface area contributed by atoms with E-state index in [1.165, 1.54) is 36.7 Å². The number of carbonyl (C=O) groups is 1. The molecule has 1 amide bonds. The number of hydrogen-bond acceptors (Lipinski definition) is 6. The molecule has 1 N–H and O–H groups in total. The van der Waals surface area contributed by atoms with E-state index in [-0.39, 0.29) is 11.7 Å². The number of nitrogens with zero attached hydrogens (tertiary/aromatic N) is 2. The third kappa shape index (κ3) is 6.58. The Labute approximate surface area is 198 Å². The lowest BCUT2D eigenvalue weighted by atomic mass is 9.88. The van der Waals surface area contributed by atoms with Crippen LogP contribution in [0.4, 0.5) is 5.13 Å². The molecule has 1 saturated carbocycles. The van der Waals surface area contributed by atoms with Crippen molar-refractivity contribution >= 4 is 38.3 Å². The molecule has 0 bridgehead atoms. The van der Waals surface area contributed by atoms with E-state index in [4.69, 9.17) is 0 Å². The van der Waals surface area contributed by atoms with E-state index in [2.05, 4.69) is 15.3 Å². The van der Waals surface area contributed by atoms with Crippen molar-refractivity contribution in [1.29, 1.82) is 0 Å². The fraction of sp³-hybridized carbons (Fsp3) is 0.320. The van der Waals surface area contributed by atoms with Crippen LogP contribution < -0.4 is 5.32 Å². The highest BCUT2D eigenvalue weighted by atomic mass is 32.2. The first kappa shape index (κ1) is 23.3. The van der Waals surface area contributed by atoms with Crippen LogP contribution in [0.2, 0.25) is 0 Å². The molecule has 1 aliphatic carbocycles. The lowest BCUT2D eigenvalue weighted by molar-refractivity contribution is -0.111. The number of hydrogen-bond donors (Lipinski definition) is 1. The third-order valence-electron chi connectivity index (χ3n) is 5.88. The minimum absolute atomic E-state index is 0.199. The molecule has 0 unspecified atom stereocenters. The average Bonchev–Trinajstić information content (AvgIpc) is 3.31. The van der Waals surface area contributed by atoms with Crippen molar-refractivity contribution < 1.29 is 13.2 Å². The summed E-state index contributed by atoms with van der Waals surface area (Å²) in [5.41, 5.74) is 2.40. The van der Waals surface area contributed by atoms with Gasteiger partial charge in [0, 0.05) is 29.4 Å². The monoisotopic (exact) mass is 481 g/mol. The normalized spacial score (nSPS) is 15.0. The van der Waals surface area contributed by atoms with E-state index < -0.39 is 9.84 Å². The molecule has 0 radical (unpaired) electrons. The van der Waals surface area contributed by atoms with Crippen molar-refractivity contribution in [3.8, 4) is 11.3 Å². The summed E-state index contributed by atoms with van der Waals surface area (Å²) in [6, 6.07) is 10.4. The Morgan fingerprint density at radius 3 is 2.64 bits per heavy atom. The first-order valence-electron chi connectivity index (χ1n) is 11.2. The number of aromatic nitrogens is 2. The summed E-state index contributed by atoms with van der Waals surface area (Å²) in [5.74, 6) is 0.434.